The number of aromatic nitrogens is 1. The van der Waals surface area contributed by atoms with Crippen molar-refractivity contribution in [2.75, 3.05) is 13.1 Å². The lowest BCUT2D eigenvalue weighted by Gasteiger charge is -2.33. The Labute approximate surface area is 131 Å². The number of carbonyl (C=O) groups is 1. The van der Waals surface area contributed by atoms with Gasteiger partial charge in [-0.3, -0.25) is 4.79 Å². The van der Waals surface area contributed by atoms with Gasteiger partial charge in [0, 0.05) is 30.2 Å². The molecular formula is C18H24N2O2. The van der Waals surface area contributed by atoms with E-state index in [-0.39, 0.29) is 12.0 Å². The lowest BCUT2D eigenvalue weighted by Crippen LogP contribution is -2.41. The smallest absolute Gasteiger partial charge is 0.227 e. The van der Waals surface area contributed by atoms with Crippen LogP contribution in [0, 0.1) is 12.8 Å². The molecular weight excluding hydrogens is 276 g/mol. The van der Waals surface area contributed by atoms with Gasteiger partial charge in [0.15, 0.2) is 0 Å². The molecule has 1 aromatic carbocycles. The fourth-order valence-corrected chi connectivity index (χ4v) is 3.42. The van der Waals surface area contributed by atoms with Crippen LogP contribution in [-0.4, -0.2) is 40.1 Å². The molecule has 2 N–H and O–H groups in total. The molecule has 0 aliphatic carbocycles. The minimum Gasteiger partial charge on any atom is -0.393 e. The highest BCUT2D eigenvalue weighted by atomic mass is 16.3. The van der Waals surface area contributed by atoms with E-state index in [0.717, 1.165) is 42.4 Å². The largest absolute Gasteiger partial charge is 0.393 e. The highest BCUT2D eigenvalue weighted by Crippen LogP contribution is 2.24. The van der Waals surface area contributed by atoms with Crippen LogP contribution in [0.5, 0.6) is 0 Å². The van der Waals surface area contributed by atoms with E-state index < -0.39 is 0 Å². The van der Waals surface area contributed by atoms with E-state index in [9.17, 15) is 9.90 Å². The maximum atomic E-state index is 12.5. The summed E-state index contributed by atoms with van der Waals surface area (Å²) in [5.41, 5.74) is 3.40. The quantitative estimate of drug-likeness (QED) is 0.915. The van der Waals surface area contributed by atoms with Crippen LogP contribution in [0.1, 0.15) is 30.9 Å². The zero-order valence-corrected chi connectivity index (χ0v) is 13.3. The van der Waals surface area contributed by atoms with E-state index >= 15 is 0 Å². The van der Waals surface area contributed by atoms with Gasteiger partial charge in [0.2, 0.25) is 5.91 Å². The first-order valence-electron chi connectivity index (χ1n) is 8.07. The molecule has 1 aliphatic heterocycles. The Morgan fingerprint density at radius 1 is 1.41 bits per heavy atom. The Kier molecular flexibility index (Phi) is 4.21. The van der Waals surface area contributed by atoms with Crippen molar-refractivity contribution in [3.05, 3.63) is 35.5 Å². The van der Waals surface area contributed by atoms with Gasteiger partial charge in [0.1, 0.15) is 0 Å². The fourth-order valence-electron chi connectivity index (χ4n) is 3.42. The van der Waals surface area contributed by atoms with Crippen molar-refractivity contribution in [3.8, 4) is 0 Å². The van der Waals surface area contributed by atoms with E-state index in [1.165, 1.54) is 5.56 Å². The molecule has 4 heteroatoms. The number of H-pyrrole nitrogens is 1. The van der Waals surface area contributed by atoms with Crippen molar-refractivity contribution in [1.29, 1.82) is 0 Å². The minimum atomic E-state index is -0.270. The van der Waals surface area contributed by atoms with Crippen molar-refractivity contribution < 1.29 is 9.90 Å². The van der Waals surface area contributed by atoms with Gasteiger partial charge in [-0.15, -0.1) is 0 Å². The number of fused-ring (bicyclic) bond motifs is 1. The summed E-state index contributed by atoms with van der Waals surface area (Å²) in [7, 11) is 0. The summed E-state index contributed by atoms with van der Waals surface area (Å²) < 4.78 is 0. The molecule has 0 spiro atoms. The molecule has 3 rings (SSSR count). The number of likely N-dealkylation sites (tertiary alicyclic amines) is 1. The number of piperidine rings is 1. The van der Waals surface area contributed by atoms with Gasteiger partial charge in [-0.2, -0.15) is 0 Å². The molecule has 4 nitrogen and oxygen atoms in total. The van der Waals surface area contributed by atoms with Crippen LogP contribution in [0.25, 0.3) is 10.9 Å². The molecule has 2 aromatic rings. The molecule has 22 heavy (non-hydrogen) atoms. The Morgan fingerprint density at radius 3 is 2.82 bits per heavy atom. The summed E-state index contributed by atoms with van der Waals surface area (Å²) in [6.45, 7) is 5.44. The second kappa shape index (κ2) is 6.13. The number of rotatable bonds is 3. The number of amides is 1. The number of aliphatic hydroxyl groups excluding tert-OH is 1. The van der Waals surface area contributed by atoms with Crippen molar-refractivity contribution in [2.45, 2.75) is 39.2 Å². The normalized spacial score (nSPS) is 17.9. The lowest BCUT2D eigenvalue weighted by atomic mass is 9.92. The number of carbonyl (C=O) groups excluding carboxylic acids is 1. The average Bonchev–Trinajstić information content (AvgIpc) is 2.92. The summed E-state index contributed by atoms with van der Waals surface area (Å²) in [6.07, 6.45) is 3.93. The molecule has 1 fully saturated rings. The third-order valence-corrected chi connectivity index (χ3v) is 4.93. The molecule has 1 unspecified atom stereocenters. The molecule has 0 bridgehead atoms. The Morgan fingerprint density at radius 2 is 2.14 bits per heavy atom. The van der Waals surface area contributed by atoms with Gasteiger partial charge in [-0.1, -0.05) is 18.2 Å². The standard InChI is InChI=1S/C18H24N2O2/c1-12-4-3-5-16-15(11-19-18(12)16)10-17(22)20-8-6-14(7-9-20)13(2)21/h3-5,11,13-14,19,21H,6-10H2,1-2H3. The molecule has 2 heterocycles. The molecule has 1 amide bonds. The van der Waals surface area contributed by atoms with E-state index in [1.807, 2.05) is 24.1 Å². The number of para-hydroxylation sites is 1. The zero-order chi connectivity index (χ0) is 15.7. The molecule has 1 aromatic heterocycles. The maximum absolute atomic E-state index is 12.5. The van der Waals surface area contributed by atoms with Crippen LogP contribution in [0.4, 0.5) is 0 Å². The van der Waals surface area contributed by atoms with Gasteiger partial charge in [0.25, 0.3) is 0 Å². The third-order valence-electron chi connectivity index (χ3n) is 4.93. The highest BCUT2D eigenvalue weighted by molar-refractivity contribution is 5.90. The van der Waals surface area contributed by atoms with Crippen LogP contribution in [0.3, 0.4) is 0 Å². The fraction of sp³-hybridized carbons (Fsp3) is 0.500. The molecule has 1 aliphatic rings. The number of hydrogen-bond donors (Lipinski definition) is 2. The van der Waals surface area contributed by atoms with Gasteiger partial charge in [-0.05, 0) is 43.7 Å². The average molecular weight is 300 g/mol. The molecule has 118 valence electrons. The molecule has 1 atom stereocenters. The number of benzene rings is 1. The van der Waals surface area contributed by atoms with Gasteiger partial charge in [-0.25, -0.2) is 0 Å². The van der Waals surface area contributed by atoms with Gasteiger partial charge < -0.3 is 15.0 Å². The number of aryl methyl sites for hydroxylation is 1. The molecule has 0 saturated carbocycles. The van der Waals surface area contributed by atoms with Crippen LogP contribution >= 0.6 is 0 Å². The van der Waals surface area contributed by atoms with Crippen molar-refractivity contribution in [3.63, 3.8) is 0 Å². The summed E-state index contributed by atoms with van der Waals surface area (Å²) >= 11 is 0. The van der Waals surface area contributed by atoms with Crippen molar-refractivity contribution in [2.24, 2.45) is 5.92 Å². The number of nitrogens with one attached hydrogen (secondary N) is 1. The number of hydrogen-bond acceptors (Lipinski definition) is 2. The number of aromatic amines is 1. The van der Waals surface area contributed by atoms with Gasteiger partial charge in [0.05, 0.1) is 12.5 Å². The van der Waals surface area contributed by atoms with E-state index in [1.54, 1.807) is 0 Å². The highest BCUT2D eigenvalue weighted by Gasteiger charge is 2.25. The summed E-state index contributed by atoms with van der Waals surface area (Å²) in [5.74, 6) is 0.520. The minimum absolute atomic E-state index is 0.187. The van der Waals surface area contributed by atoms with Crippen LogP contribution in [-0.2, 0) is 11.2 Å². The summed E-state index contributed by atoms with van der Waals surface area (Å²) in [4.78, 5) is 17.7. The summed E-state index contributed by atoms with van der Waals surface area (Å²) in [6, 6.07) is 6.18. The third kappa shape index (κ3) is 2.88. The zero-order valence-electron chi connectivity index (χ0n) is 13.3. The first-order chi connectivity index (χ1) is 10.6. The second-order valence-electron chi connectivity index (χ2n) is 6.45. The topological polar surface area (TPSA) is 56.3 Å². The van der Waals surface area contributed by atoms with Crippen LogP contribution in [0.2, 0.25) is 0 Å². The summed E-state index contributed by atoms with van der Waals surface area (Å²) in [5, 5.41) is 10.8. The molecule has 1 saturated heterocycles. The number of nitrogens with zero attached hydrogens (tertiary/aromatic N) is 1. The maximum Gasteiger partial charge on any atom is 0.227 e. The Bertz CT molecular complexity index is 667. The monoisotopic (exact) mass is 300 g/mol. The van der Waals surface area contributed by atoms with Crippen molar-refractivity contribution >= 4 is 16.8 Å². The van der Waals surface area contributed by atoms with E-state index in [2.05, 4.69) is 24.0 Å². The number of aliphatic hydroxyl groups is 1. The SMILES string of the molecule is Cc1cccc2c(CC(=O)N3CCC(C(C)O)CC3)c[nH]c12. The molecule has 0 radical (unpaired) electrons. The second-order valence-corrected chi connectivity index (χ2v) is 6.45. The van der Waals surface area contributed by atoms with Crippen molar-refractivity contribution in [1.82, 2.24) is 9.88 Å². The first kappa shape index (κ1) is 15.1. The Hall–Kier alpha value is -1.81. The predicted octanol–water partition coefficient (Wildman–Crippen LogP) is 2.64. The lowest BCUT2D eigenvalue weighted by molar-refractivity contribution is -0.132. The first-order valence-corrected chi connectivity index (χ1v) is 8.07. The van der Waals surface area contributed by atoms with Gasteiger partial charge >= 0.3 is 0 Å². The van der Waals surface area contributed by atoms with E-state index in [4.69, 9.17) is 0 Å². The predicted molar refractivity (Wildman–Crippen MR) is 87.7 cm³/mol. The van der Waals surface area contributed by atoms with Crippen LogP contribution in [0.15, 0.2) is 24.4 Å². The van der Waals surface area contributed by atoms with E-state index in [0.29, 0.717) is 12.3 Å². The Balaban J connectivity index is 1.68. The van der Waals surface area contributed by atoms with Crippen LogP contribution < -0.4 is 0 Å².